The maximum Gasteiger partial charge on any atom is 0.252 e. The third-order valence-electron chi connectivity index (χ3n) is 2.89. The van der Waals surface area contributed by atoms with Crippen LogP contribution < -0.4 is 15.8 Å². The van der Waals surface area contributed by atoms with Crippen molar-refractivity contribution in [2.24, 2.45) is 0 Å². The SMILES string of the molecule is COc1ccc(CNC(=O)c2cccc(N)c2Br)cc1. The van der Waals surface area contributed by atoms with Gasteiger partial charge >= 0.3 is 0 Å². The summed E-state index contributed by atoms with van der Waals surface area (Å²) in [6.07, 6.45) is 0. The highest BCUT2D eigenvalue weighted by molar-refractivity contribution is 9.10. The van der Waals surface area contributed by atoms with Crippen LogP contribution in [-0.4, -0.2) is 13.0 Å². The standard InChI is InChI=1S/C15H15BrN2O2/c1-20-11-7-5-10(6-8-11)9-18-15(19)12-3-2-4-13(17)14(12)16/h2-8H,9,17H2,1H3,(H,18,19). The van der Waals surface area contributed by atoms with E-state index < -0.39 is 0 Å². The number of methoxy groups -OCH3 is 1. The average molecular weight is 335 g/mol. The first kappa shape index (κ1) is 14.4. The molecule has 20 heavy (non-hydrogen) atoms. The molecule has 1 amide bonds. The van der Waals surface area contributed by atoms with Gasteiger partial charge in [0.2, 0.25) is 0 Å². The number of nitrogens with two attached hydrogens (primary N) is 1. The Hall–Kier alpha value is -2.01. The number of carbonyl (C=O) groups excluding carboxylic acids is 1. The molecule has 0 saturated heterocycles. The van der Waals surface area contributed by atoms with Crippen molar-refractivity contribution in [1.82, 2.24) is 5.32 Å². The maximum atomic E-state index is 12.1. The third-order valence-corrected chi connectivity index (χ3v) is 3.77. The second-order valence-electron chi connectivity index (χ2n) is 4.24. The van der Waals surface area contributed by atoms with E-state index in [1.54, 1.807) is 25.3 Å². The summed E-state index contributed by atoms with van der Waals surface area (Å²) in [6, 6.07) is 12.8. The van der Waals surface area contributed by atoms with E-state index in [0.29, 0.717) is 22.3 Å². The molecule has 2 aromatic carbocycles. The Bertz CT molecular complexity index is 612. The van der Waals surface area contributed by atoms with Crippen LogP contribution in [0.2, 0.25) is 0 Å². The van der Waals surface area contributed by atoms with Crippen LogP contribution in [0, 0.1) is 0 Å². The molecular formula is C15H15BrN2O2. The van der Waals surface area contributed by atoms with E-state index in [1.807, 2.05) is 24.3 Å². The second kappa shape index (κ2) is 6.43. The quantitative estimate of drug-likeness (QED) is 0.845. The number of nitrogens with one attached hydrogen (secondary N) is 1. The molecule has 3 N–H and O–H groups in total. The molecule has 0 fully saturated rings. The highest BCUT2D eigenvalue weighted by Crippen LogP contribution is 2.23. The summed E-state index contributed by atoms with van der Waals surface area (Å²) < 4.78 is 5.70. The lowest BCUT2D eigenvalue weighted by Gasteiger charge is -2.09. The molecule has 0 atom stereocenters. The normalized spacial score (nSPS) is 10.1. The number of hydrogen-bond donors (Lipinski definition) is 2. The van der Waals surface area contributed by atoms with Gasteiger partial charge in [-0.2, -0.15) is 0 Å². The van der Waals surface area contributed by atoms with Gasteiger partial charge in [-0.1, -0.05) is 18.2 Å². The summed E-state index contributed by atoms with van der Waals surface area (Å²) in [7, 11) is 1.62. The first-order chi connectivity index (χ1) is 9.61. The first-order valence-corrected chi connectivity index (χ1v) is 6.86. The molecule has 0 bridgehead atoms. The Kier molecular flexibility index (Phi) is 4.63. The molecule has 4 nitrogen and oxygen atoms in total. The van der Waals surface area contributed by atoms with Gasteiger partial charge in [-0.3, -0.25) is 4.79 Å². The zero-order chi connectivity index (χ0) is 14.5. The van der Waals surface area contributed by atoms with Crippen LogP contribution in [0.25, 0.3) is 0 Å². The first-order valence-electron chi connectivity index (χ1n) is 6.07. The van der Waals surface area contributed by atoms with Crippen molar-refractivity contribution in [3.63, 3.8) is 0 Å². The van der Waals surface area contributed by atoms with Crippen molar-refractivity contribution < 1.29 is 9.53 Å². The highest BCUT2D eigenvalue weighted by atomic mass is 79.9. The molecule has 5 heteroatoms. The van der Waals surface area contributed by atoms with Gasteiger partial charge in [0.15, 0.2) is 0 Å². The summed E-state index contributed by atoms with van der Waals surface area (Å²) in [5.74, 6) is 0.624. The van der Waals surface area contributed by atoms with Gasteiger partial charge in [-0.15, -0.1) is 0 Å². The minimum absolute atomic E-state index is 0.167. The number of halogens is 1. The number of ether oxygens (including phenoxy) is 1. The van der Waals surface area contributed by atoms with Gasteiger partial charge in [0.05, 0.1) is 17.1 Å². The van der Waals surface area contributed by atoms with E-state index in [2.05, 4.69) is 21.2 Å². The van der Waals surface area contributed by atoms with Gasteiger partial charge in [0, 0.05) is 12.2 Å². The van der Waals surface area contributed by atoms with Crippen LogP contribution in [0.3, 0.4) is 0 Å². The third kappa shape index (κ3) is 3.30. The van der Waals surface area contributed by atoms with Crippen molar-refractivity contribution in [2.45, 2.75) is 6.54 Å². The van der Waals surface area contributed by atoms with E-state index in [4.69, 9.17) is 10.5 Å². The fourth-order valence-corrected chi connectivity index (χ4v) is 2.19. The predicted molar refractivity (Wildman–Crippen MR) is 82.7 cm³/mol. The lowest BCUT2D eigenvalue weighted by Crippen LogP contribution is -2.23. The minimum atomic E-state index is -0.167. The molecule has 104 valence electrons. The Labute approximate surface area is 126 Å². The van der Waals surface area contributed by atoms with Crippen molar-refractivity contribution >= 4 is 27.5 Å². The van der Waals surface area contributed by atoms with Gasteiger partial charge in [0.1, 0.15) is 5.75 Å². The van der Waals surface area contributed by atoms with E-state index in [9.17, 15) is 4.79 Å². The molecule has 0 aromatic heterocycles. The smallest absolute Gasteiger partial charge is 0.252 e. The fraction of sp³-hybridized carbons (Fsp3) is 0.133. The summed E-state index contributed by atoms with van der Waals surface area (Å²) >= 11 is 3.32. The Balaban J connectivity index is 2.02. The molecule has 0 aliphatic rings. The maximum absolute atomic E-state index is 12.1. The van der Waals surface area contributed by atoms with E-state index in [0.717, 1.165) is 11.3 Å². The number of carbonyl (C=O) groups is 1. The molecule has 0 radical (unpaired) electrons. The number of anilines is 1. The number of nitrogen functional groups attached to an aromatic ring is 1. The van der Waals surface area contributed by atoms with Gasteiger partial charge in [-0.25, -0.2) is 0 Å². The van der Waals surface area contributed by atoms with E-state index in [-0.39, 0.29) is 5.91 Å². The molecular weight excluding hydrogens is 320 g/mol. The van der Waals surface area contributed by atoms with Gasteiger partial charge in [-0.05, 0) is 45.8 Å². The lowest BCUT2D eigenvalue weighted by atomic mass is 10.1. The van der Waals surface area contributed by atoms with Crippen LogP contribution in [0.4, 0.5) is 5.69 Å². The van der Waals surface area contributed by atoms with Crippen molar-refractivity contribution in [1.29, 1.82) is 0 Å². The number of hydrogen-bond acceptors (Lipinski definition) is 3. The molecule has 0 spiro atoms. The Morgan fingerprint density at radius 3 is 2.60 bits per heavy atom. The van der Waals surface area contributed by atoms with Crippen molar-refractivity contribution in [2.75, 3.05) is 12.8 Å². The predicted octanol–water partition coefficient (Wildman–Crippen LogP) is 2.97. The summed E-state index contributed by atoms with van der Waals surface area (Å²) in [6.45, 7) is 0.448. The zero-order valence-electron chi connectivity index (χ0n) is 11.0. The number of amides is 1. The summed E-state index contributed by atoms with van der Waals surface area (Å²) in [5.41, 5.74) is 7.83. The number of rotatable bonds is 4. The average Bonchev–Trinajstić information content (AvgIpc) is 2.48. The molecule has 0 heterocycles. The largest absolute Gasteiger partial charge is 0.497 e. The van der Waals surface area contributed by atoms with Crippen molar-refractivity contribution in [3.05, 3.63) is 58.1 Å². The van der Waals surface area contributed by atoms with Crippen molar-refractivity contribution in [3.8, 4) is 5.75 Å². The minimum Gasteiger partial charge on any atom is -0.497 e. The second-order valence-corrected chi connectivity index (χ2v) is 5.03. The summed E-state index contributed by atoms with van der Waals surface area (Å²) in [5, 5.41) is 2.86. The van der Waals surface area contributed by atoms with Crippen LogP contribution in [0.15, 0.2) is 46.9 Å². The Morgan fingerprint density at radius 2 is 1.95 bits per heavy atom. The number of benzene rings is 2. The van der Waals surface area contributed by atoms with Gasteiger partial charge < -0.3 is 15.8 Å². The Morgan fingerprint density at radius 1 is 1.25 bits per heavy atom. The lowest BCUT2D eigenvalue weighted by molar-refractivity contribution is 0.0950. The molecule has 2 rings (SSSR count). The molecule has 0 aliphatic heterocycles. The molecule has 0 unspecified atom stereocenters. The zero-order valence-corrected chi connectivity index (χ0v) is 12.6. The highest BCUT2D eigenvalue weighted by Gasteiger charge is 2.11. The monoisotopic (exact) mass is 334 g/mol. The topological polar surface area (TPSA) is 64.3 Å². The molecule has 0 aliphatic carbocycles. The molecule has 2 aromatic rings. The van der Waals surface area contributed by atoms with Gasteiger partial charge in [0.25, 0.3) is 5.91 Å². The van der Waals surface area contributed by atoms with E-state index >= 15 is 0 Å². The van der Waals surface area contributed by atoms with Crippen LogP contribution in [0.5, 0.6) is 5.75 Å². The fourth-order valence-electron chi connectivity index (χ4n) is 1.75. The summed E-state index contributed by atoms with van der Waals surface area (Å²) in [4.78, 5) is 12.1. The van der Waals surface area contributed by atoms with Crippen LogP contribution in [0.1, 0.15) is 15.9 Å². The van der Waals surface area contributed by atoms with E-state index in [1.165, 1.54) is 0 Å². The van der Waals surface area contributed by atoms with Crippen LogP contribution >= 0.6 is 15.9 Å². The van der Waals surface area contributed by atoms with Crippen LogP contribution in [-0.2, 0) is 6.54 Å². The molecule has 0 saturated carbocycles.